The minimum Gasteiger partial charge on any atom is -0.347 e. The zero-order valence-corrected chi connectivity index (χ0v) is 13.0. The van der Waals surface area contributed by atoms with Gasteiger partial charge < -0.3 is 4.90 Å². The molecule has 2 unspecified atom stereocenters. The van der Waals surface area contributed by atoms with Crippen LogP contribution >= 0.6 is 0 Å². The lowest BCUT2D eigenvalue weighted by molar-refractivity contribution is 0.0845. The Balaban J connectivity index is 1.84. The zero-order valence-electron chi connectivity index (χ0n) is 13.0. The monoisotopic (exact) mass is 274 g/mol. The van der Waals surface area contributed by atoms with E-state index in [1.54, 1.807) is 0 Å². The lowest BCUT2D eigenvalue weighted by Gasteiger charge is -2.44. The number of fused-ring (bicyclic) bond motifs is 2. The number of anilines is 1. The molecule has 1 aliphatic heterocycles. The number of aromatic nitrogens is 2. The van der Waals surface area contributed by atoms with Gasteiger partial charge in [-0.25, -0.2) is 9.97 Å². The summed E-state index contributed by atoms with van der Waals surface area (Å²) in [6, 6.07) is 0.727. The average molecular weight is 274 g/mol. The third kappa shape index (κ3) is 2.53. The summed E-state index contributed by atoms with van der Waals surface area (Å²) in [7, 11) is 4.02. The standard InChI is InChI=1S/C16H26N4/c1-4-7-20-8-5-6-12-9-14-13(10-15(12)20)11-17-16(18-14)19(2)3/h11-12,15H,4-10H2,1-3H3. The van der Waals surface area contributed by atoms with Gasteiger partial charge in [0.25, 0.3) is 0 Å². The van der Waals surface area contributed by atoms with E-state index >= 15 is 0 Å². The summed E-state index contributed by atoms with van der Waals surface area (Å²) in [5.74, 6) is 1.65. The molecule has 110 valence electrons. The molecule has 0 N–H and O–H groups in total. The van der Waals surface area contributed by atoms with Gasteiger partial charge in [-0.3, -0.25) is 4.90 Å². The first kappa shape index (κ1) is 13.8. The highest BCUT2D eigenvalue weighted by molar-refractivity contribution is 5.33. The maximum atomic E-state index is 4.77. The Hall–Kier alpha value is -1.16. The Kier molecular flexibility index (Phi) is 3.92. The number of hydrogen-bond donors (Lipinski definition) is 0. The van der Waals surface area contributed by atoms with Gasteiger partial charge in [-0.1, -0.05) is 6.92 Å². The van der Waals surface area contributed by atoms with E-state index in [4.69, 9.17) is 4.98 Å². The van der Waals surface area contributed by atoms with Gasteiger partial charge in [-0.2, -0.15) is 0 Å². The van der Waals surface area contributed by atoms with Crippen molar-refractivity contribution >= 4 is 5.95 Å². The van der Waals surface area contributed by atoms with Crippen molar-refractivity contribution in [3.63, 3.8) is 0 Å². The normalized spacial score (nSPS) is 25.9. The Morgan fingerprint density at radius 2 is 2.20 bits per heavy atom. The number of hydrogen-bond acceptors (Lipinski definition) is 4. The smallest absolute Gasteiger partial charge is 0.224 e. The van der Waals surface area contributed by atoms with Crippen molar-refractivity contribution in [3.05, 3.63) is 17.5 Å². The first-order chi connectivity index (χ1) is 9.69. The fraction of sp³-hybridized carbons (Fsp3) is 0.750. The first-order valence-electron chi connectivity index (χ1n) is 7.95. The Bertz CT molecular complexity index is 470. The van der Waals surface area contributed by atoms with Crippen LogP contribution in [0.5, 0.6) is 0 Å². The number of rotatable bonds is 3. The Morgan fingerprint density at radius 1 is 1.35 bits per heavy atom. The lowest BCUT2D eigenvalue weighted by Crippen LogP contribution is -2.49. The molecule has 1 fully saturated rings. The molecular weight excluding hydrogens is 248 g/mol. The average Bonchev–Trinajstić information content (AvgIpc) is 2.45. The Morgan fingerprint density at radius 3 is 2.95 bits per heavy atom. The molecule has 1 saturated heterocycles. The minimum absolute atomic E-state index is 0.727. The second kappa shape index (κ2) is 5.68. The molecule has 2 aliphatic rings. The number of piperidine rings is 1. The molecule has 2 heterocycles. The molecule has 1 aromatic rings. The van der Waals surface area contributed by atoms with Crippen LogP contribution in [-0.2, 0) is 12.8 Å². The van der Waals surface area contributed by atoms with Crippen LogP contribution in [0.25, 0.3) is 0 Å². The molecule has 0 saturated carbocycles. The molecular formula is C16H26N4. The van der Waals surface area contributed by atoms with E-state index in [-0.39, 0.29) is 0 Å². The van der Waals surface area contributed by atoms with Crippen molar-refractivity contribution in [2.45, 2.75) is 45.1 Å². The van der Waals surface area contributed by atoms with E-state index in [0.717, 1.165) is 30.7 Å². The maximum absolute atomic E-state index is 4.77. The van der Waals surface area contributed by atoms with Crippen molar-refractivity contribution in [3.8, 4) is 0 Å². The Labute approximate surface area is 122 Å². The third-order valence-electron chi connectivity index (χ3n) is 4.77. The van der Waals surface area contributed by atoms with Crippen LogP contribution in [0.15, 0.2) is 6.20 Å². The summed E-state index contributed by atoms with van der Waals surface area (Å²) < 4.78 is 0. The minimum atomic E-state index is 0.727. The SMILES string of the molecule is CCCN1CCCC2Cc3nc(N(C)C)ncc3CC21. The van der Waals surface area contributed by atoms with Crippen molar-refractivity contribution in [2.24, 2.45) is 5.92 Å². The van der Waals surface area contributed by atoms with Crippen LogP contribution in [0.2, 0.25) is 0 Å². The van der Waals surface area contributed by atoms with Crippen LogP contribution < -0.4 is 4.90 Å². The van der Waals surface area contributed by atoms with Crippen LogP contribution in [0.3, 0.4) is 0 Å². The molecule has 4 nitrogen and oxygen atoms in total. The van der Waals surface area contributed by atoms with Gasteiger partial charge in [0.1, 0.15) is 0 Å². The van der Waals surface area contributed by atoms with E-state index in [9.17, 15) is 0 Å². The van der Waals surface area contributed by atoms with Crippen molar-refractivity contribution < 1.29 is 0 Å². The fourth-order valence-corrected chi connectivity index (χ4v) is 3.78. The topological polar surface area (TPSA) is 32.3 Å². The first-order valence-corrected chi connectivity index (χ1v) is 7.95. The van der Waals surface area contributed by atoms with Gasteiger partial charge >= 0.3 is 0 Å². The predicted octanol–water partition coefficient (Wildman–Crippen LogP) is 2.13. The lowest BCUT2D eigenvalue weighted by atomic mass is 9.77. The predicted molar refractivity (Wildman–Crippen MR) is 82.1 cm³/mol. The molecule has 1 aromatic heterocycles. The van der Waals surface area contributed by atoms with E-state index < -0.39 is 0 Å². The molecule has 1 aliphatic carbocycles. The molecule has 4 heteroatoms. The summed E-state index contributed by atoms with van der Waals surface area (Å²) >= 11 is 0. The van der Waals surface area contributed by atoms with Gasteiger partial charge in [0.15, 0.2) is 0 Å². The molecule has 0 radical (unpaired) electrons. The summed E-state index contributed by atoms with van der Waals surface area (Å²) in [6.07, 6.45) is 8.32. The summed E-state index contributed by atoms with van der Waals surface area (Å²) in [4.78, 5) is 14.0. The van der Waals surface area contributed by atoms with E-state index in [1.807, 2.05) is 19.0 Å². The molecule has 0 amide bonds. The van der Waals surface area contributed by atoms with Gasteiger partial charge in [0.2, 0.25) is 5.95 Å². The van der Waals surface area contributed by atoms with Crippen LogP contribution in [0, 0.1) is 5.92 Å². The summed E-state index contributed by atoms with van der Waals surface area (Å²) in [5, 5.41) is 0. The second-order valence-corrected chi connectivity index (χ2v) is 6.45. The molecule has 0 aromatic carbocycles. The van der Waals surface area contributed by atoms with E-state index in [2.05, 4.69) is 23.0 Å². The highest BCUT2D eigenvalue weighted by Crippen LogP contribution is 2.34. The quantitative estimate of drug-likeness (QED) is 0.845. The summed E-state index contributed by atoms with van der Waals surface area (Å²) in [5.41, 5.74) is 2.67. The van der Waals surface area contributed by atoms with Crippen LogP contribution in [0.4, 0.5) is 5.95 Å². The zero-order chi connectivity index (χ0) is 14.1. The molecule has 0 bridgehead atoms. The fourth-order valence-electron chi connectivity index (χ4n) is 3.78. The summed E-state index contributed by atoms with van der Waals surface area (Å²) in [6.45, 7) is 4.81. The van der Waals surface area contributed by atoms with E-state index in [1.165, 1.54) is 43.6 Å². The second-order valence-electron chi connectivity index (χ2n) is 6.45. The highest BCUT2D eigenvalue weighted by Gasteiger charge is 2.35. The third-order valence-corrected chi connectivity index (χ3v) is 4.77. The van der Waals surface area contributed by atoms with Gasteiger partial charge in [0, 0.05) is 32.0 Å². The number of likely N-dealkylation sites (tertiary alicyclic amines) is 1. The van der Waals surface area contributed by atoms with Gasteiger partial charge in [-0.15, -0.1) is 0 Å². The molecule has 20 heavy (non-hydrogen) atoms. The highest BCUT2D eigenvalue weighted by atomic mass is 15.2. The molecule has 3 rings (SSSR count). The number of nitrogens with zero attached hydrogens (tertiary/aromatic N) is 4. The van der Waals surface area contributed by atoms with Crippen molar-refractivity contribution in [1.29, 1.82) is 0 Å². The van der Waals surface area contributed by atoms with Gasteiger partial charge in [-0.05, 0) is 56.7 Å². The largest absolute Gasteiger partial charge is 0.347 e. The molecule has 0 spiro atoms. The maximum Gasteiger partial charge on any atom is 0.224 e. The van der Waals surface area contributed by atoms with Crippen LogP contribution in [-0.4, -0.2) is 48.1 Å². The molecule has 2 atom stereocenters. The van der Waals surface area contributed by atoms with Crippen molar-refractivity contribution in [2.75, 3.05) is 32.1 Å². The van der Waals surface area contributed by atoms with Crippen molar-refractivity contribution in [1.82, 2.24) is 14.9 Å². The van der Waals surface area contributed by atoms with Crippen LogP contribution in [0.1, 0.15) is 37.4 Å². The van der Waals surface area contributed by atoms with Gasteiger partial charge in [0.05, 0.1) is 0 Å². The van der Waals surface area contributed by atoms with E-state index in [0.29, 0.717) is 0 Å².